The van der Waals surface area contributed by atoms with E-state index in [0.29, 0.717) is 12.8 Å². The largest absolute Gasteiger partial charge is 0.388 e. The highest BCUT2D eigenvalue weighted by molar-refractivity contribution is 5.49. The summed E-state index contributed by atoms with van der Waals surface area (Å²) in [4.78, 5) is 10.0. The Morgan fingerprint density at radius 3 is 2.58 bits per heavy atom. The average molecular weight is 164 g/mol. The molecule has 1 atom stereocenters. The second-order valence-electron chi connectivity index (χ2n) is 2.67. The Kier molecular flexibility index (Phi) is 3.48. The summed E-state index contributed by atoms with van der Waals surface area (Å²) in [6, 6.07) is 9.36. The Morgan fingerprint density at radius 1 is 1.33 bits per heavy atom. The zero-order valence-electron chi connectivity index (χ0n) is 6.81. The van der Waals surface area contributed by atoms with E-state index in [1.165, 1.54) is 0 Å². The van der Waals surface area contributed by atoms with Gasteiger partial charge in [-0.05, 0) is 12.0 Å². The van der Waals surface area contributed by atoms with E-state index in [1.54, 1.807) is 0 Å². The molecule has 1 rings (SSSR count). The molecule has 1 aromatic carbocycles. The number of aldehydes is 1. The number of benzene rings is 1. The van der Waals surface area contributed by atoms with Crippen LogP contribution in [0.5, 0.6) is 0 Å². The topological polar surface area (TPSA) is 37.3 Å². The van der Waals surface area contributed by atoms with Crippen molar-refractivity contribution in [1.82, 2.24) is 0 Å². The fourth-order valence-electron chi connectivity index (χ4n) is 1.07. The number of carbonyl (C=O) groups is 1. The maximum absolute atomic E-state index is 10.0. The summed E-state index contributed by atoms with van der Waals surface area (Å²) in [5, 5.41) is 9.49. The van der Waals surface area contributed by atoms with Gasteiger partial charge in [-0.25, -0.2) is 0 Å². The molecule has 0 aliphatic heterocycles. The Bertz CT molecular complexity index is 231. The first-order chi connectivity index (χ1) is 5.84. The molecule has 0 heterocycles. The van der Waals surface area contributed by atoms with Crippen molar-refractivity contribution in [3.8, 4) is 0 Å². The quantitative estimate of drug-likeness (QED) is 0.688. The highest BCUT2D eigenvalue weighted by Crippen LogP contribution is 2.16. The van der Waals surface area contributed by atoms with Crippen molar-refractivity contribution in [3.05, 3.63) is 35.9 Å². The van der Waals surface area contributed by atoms with Gasteiger partial charge in [-0.2, -0.15) is 0 Å². The van der Waals surface area contributed by atoms with Gasteiger partial charge < -0.3 is 9.90 Å². The lowest BCUT2D eigenvalue weighted by Crippen LogP contribution is -1.96. The van der Waals surface area contributed by atoms with E-state index in [2.05, 4.69) is 0 Å². The molecule has 2 nitrogen and oxygen atoms in total. The highest BCUT2D eigenvalue weighted by Gasteiger charge is 2.04. The first-order valence-corrected chi connectivity index (χ1v) is 4.01. The summed E-state index contributed by atoms with van der Waals surface area (Å²) >= 11 is 0. The molecule has 1 aromatic rings. The Morgan fingerprint density at radius 2 is 2.00 bits per heavy atom. The highest BCUT2D eigenvalue weighted by atomic mass is 16.3. The lowest BCUT2D eigenvalue weighted by Gasteiger charge is -2.07. The zero-order chi connectivity index (χ0) is 8.81. The molecule has 0 spiro atoms. The number of hydrogen-bond donors (Lipinski definition) is 1. The second-order valence-corrected chi connectivity index (χ2v) is 2.67. The predicted molar refractivity (Wildman–Crippen MR) is 46.7 cm³/mol. The van der Waals surface area contributed by atoms with Gasteiger partial charge in [0.25, 0.3) is 0 Å². The van der Waals surface area contributed by atoms with Crippen LogP contribution in [-0.4, -0.2) is 11.4 Å². The van der Waals surface area contributed by atoms with Crippen molar-refractivity contribution in [2.24, 2.45) is 0 Å². The third-order valence-corrected chi connectivity index (χ3v) is 1.74. The molecule has 0 radical (unpaired) electrons. The maximum Gasteiger partial charge on any atom is 0.120 e. The van der Waals surface area contributed by atoms with Gasteiger partial charge in [0.1, 0.15) is 6.29 Å². The minimum absolute atomic E-state index is 0.413. The van der Waals surface area contributed by atoms with Crippen molar-refractivity contribution in [3.63, 3.8) is 0 Å². The fraction of sp³-hybridized carbons (Fsp3) is 0.300. The van der Waals surface area contributed by atoms with Gasteiger partial charge in [-0.1, -0.05) is 30.3 Å². The normalized spacial score (nSPS) is 12.4. The third-order valence-electron chi connectivity index (χ3n) is 1.74. The van der Waals surface area contributed by atoms with Crippen LogP contribution in [0.2, 0.25) is 0 Å². The monoisotopic (exact) mass is 164 g/mol. The number of hydrogen-bond acceptors (Lipinski definition) is 2. The molecule has 64 valence electrons. The van der Waals surface area contributed by atoms with E-state index in [0.717, 1.165) is 11.8 Å². The summed E-state index contributed by atoms with van der Waals surface area (Å²) in [6.07, 6.45) is 1.24. The molecular formula is C10H12O2. The van der Waals surface area contributed by atoms with Crippen LogP contribution in [0.25, 0.3) is 0 Å². The van der Waals surface area contributed by atoms with Crippen molar-refractivity contribution in [2.75, 3.05) is 0 Å². The van der Waals surface area contributed by atoms with Gasteiger partial charge >= 0.3 is 0 Å². The van der Waals surface area contributed by atoms with Crippen LogP contribution in [0, 0.1) is 0 Å². The summed E-state index contributed by atoms with van der Waals surface area (Å²) < 4.78 is 0. The van der Waals surface area contributed by atoms with Gasteiger partial charge in [-0.3, -0.25) is 0 Å². The molecule has 0 bridgehead atoms. The van der Waals surface area contributed by atoms with Crippen LogP contribution in [0.1, 0.15) is 24.5 Å². The van der Waals surface area contributed by atoms with E-state index in [9.17, 15) is 9.90 Å². The van der Waals surface area contributed by atoms with Gasteiger partial charge in [-0.15, -0.1) is 0 Å². The van der Waals surface area contributed by atoms with Crippen LogP contribution >= 0.6 is 0 Å². The SMILES string of the molecule is O=CCCC(O)c1ccccc1. The third kappa shape index (κ3) is 2.47. The van der Waals surface area contributed by atoms with Crippen molar-refractivity contribution >= 4 is 6.29 Å². The van der Waals surface area contributed by atoms with Crippen LogP contribution in [0.15, 0.2) is 30.3 Å². The minimum Gasteiger partial charge on any atom is -0.388 e. The first kappa shape index (κ1) is 8.94. The molecular weight excluding hydrogens is 152 g/mol. The van der Waals surface area contributed by atoms with Crippen LogP contribution < -0.4 is 0 Å². The summed E-state index contributed by atoms with van der Waals surface area (Å²) in [5.74, 6) is 0. The van der Waals surface area contributed by atoms with Crippen molar-refractivity contribution in [2.45, 2.75) is 18.9 Å². The minimum atomic E-state index is -0.503. The molecule has 1 N–H and O–H groups in total. The van der Waals surface area contributed by atoms with Gasteiger partial charge in [0.15, 0.2) is 0 Å². The first-order valence-electron chi connectivity index (χ1n) is 4.01. The molecule has 0 aliphatic rings. The molecule has 2 heteroatoms. The predicted octanol–water partition coefficient (Wildman–Crippen LogP) is 1.70. The van der Waals surface area contributed by atoms with Gasteiger partial charge in [0.05, 0.1) is 6.10 Å². The molecule has 1 unspecified atom stereocenters. The molecule has 0 aliphatic carbocycles. The zero-order valence-corrected chi connectivity index (χ0v) is 6.81. The van der Waals surface area contributed by atoms with E-state index in [1.807, 2.05) is 30.3 Å². The van der Waals surface area contributed by atoms with Crippen LogP contribution in [-0.2, 0) is 4.79 Å². The van der Waals surface area contributed by atoms with Crippen molar-refractivity contribution < 1.29 is 9.90 Å². The standard InChI is InChI=1S/C10H12O2/c11-8-4-7-10(12)9-5-2-1-3-6-9/h1-3,5-6,8,10,12H,4,7H2. The molecule has 0 aromatic heterocycles. The Balaban J connectivity index is 2.53. The fourth-order valence-corrected chi connectivity index (χ4v) is 1.07. The Hall–Kier alpha value is -1.15. The summed E-state index contributed by atoms with van der Waals surface area (Å²) in [7, 11) is 0. The number of rotatable bonds is 4. The lowest BCUT2D eigenvalue weighted by atomic mass is 10.1. The van der Waals surface area contributed by atoms with Gasteiger partial charge in [0.2, 0.25) is 0 Å². The smallest absolute Gasteiger partial charge is 0.120 e. The molecule has 0 saturated heterocycles. The van der Waals surface area contributed by atoms with Crippen molar-refractivity contribution in [1.29, 1.82) is 0 Å². The molecule has 12 heavy (non-hydrogen) atoms. The Labute approximate surface area is 71.8 Å². The van der Waals surface area contributed by atoms with Crippen LogP contribution in [0.3, 0.4) is 0 Å². The second kappa shape index (κ2) is 4.67. The maximum atomic E-state index is 10.0. The number of aliphatic hydroxyl groups is 1. The van der Waals surface area contributed by atoms with Gasteiger partial charge in [0, 0.05) is 6.42 Å². The number of aliphatic hydroxyl groups excluding tert-OH is 1. The molecule has 0 fully saturated rings. The molecule has 0 saturated carbocycles. The van der Waals surface area contributed by atoms with E-state index in [4.69, 9.17) is 0 Å². The summed E-state index contributed by atoms with van der Waals surface area (Å²) in [6.45, 7) is 0. The lowest BCUT2D eigenvalue weighted by molar-refractivity contribution is -0.108. The van der Waals surface area contributed by atoms with E-state index >= 15 is 0 Å². The van der Waals surface area contributed by atoms with Crippen LogP contribution in [0.4, 0.5) is 0 Å². The molecule has 0 amide bonds. The van der Waals surface area contributed by atoms with E-state index in [-0.39, 0.29) is 0 Å². The summed E-state index contributed by atoms with van der Waals surface area (Å²) in [5.41, 5.74) is 0.874. The number of carbonyl (C=O) groups excluding carboxylic acids is 1. The average Bonchev–Trinajstić information content (AvgIpc) is 2.15. The van der Waals surface area contributed by atoms with E-state index < -0.39 is 6.10 Å².